The largest absolute Gasteiger partial charge is 0.341 e. The molecule has 0 saturated carbocycles. The number of likely N-dealkylation sites (tertiary alicyclic amines) is 1. The summed E-state index contributed by atoms with van der Waals surface area (Å²) in [6.07, 6.45) is 3.58. The third kappa shape index (κ3) is 4.30. The van der Waals surface area contributed by atoms with Crippen LogP contribution >= 0.6 is 23.7 Å². The Kier molecular flexibility index (Phi) is 5.95. The highest BCUT2D eigenvalue weighted by molar-refractivity contribution is 7.09. The lowest BCUT2D eigenvalue weighted by Crippen LogP contribution is -2.31. The number of nitrogens with zero attached hydrogens (tertiary/aromatic N) is 1. The average molecular weight is 275 g/mol. The summed E-state index contributed by atoms with van der Waals surface area (Å²) < 4.78 is 0. The highest BCUT2D eigenvalue weighted by Gasteiger charge is 2.22. The molecule has 1 aliphatic heterocycles. The Morgan fingerprint density at radius 3 is 3.00 bits per heavy atom. The van der Waals surface area contributed by atoms with E-state index >= 15 is 0 Å². The van der Waals surface area contributed by atoms with Gasteiger partial charge < -0.3 is 10.6 Å². The molecule has 1 fully saturated rings. The standard InChI is InChI=1S/C12H18N2OS.ClH/c13-10-6-7-14(9-10)12(15)5-1-3-11-4-2-8-16-11;/h2,4,8,10H,1,3,5-7,9,13H2;1H. The SMILES string of the molecule is Cl.NC1CCN(C(=O)CCCc2cccs2)C1. The van der Waals surface area contributed by atoms with Crippen molar-refractivity contribution in [3.8, 4) is 0 Å². The van der Waals surface area contributed by atoms with E-state index in [0.717, 1.165) is 32.4 Å². The molecule has 2 heterocycles. The minimum absolute atomic E-state index is 0. The summed E-state index contributed by atoms with van der Waals surface area (Å²) in [5.74, 6) is 0.268. The Morgan fingerprint density at radius 2 is 2.41 bits per heavy atom. The summed E-state index contributed by atoms with van der Waals surface area (Å²) in [7, 11) is 0. The quantitative estimate of drug-likeness (QED) is 0.913. The van der Waals surface area contributed by atoms with E-state index in [0.29, 0.717) is 6.42 Å². The lowest BCUT2D eigenvalue weighted by Gasteiger charge is -2.15. The van der Waals surface area contributed by atoms with E-state index in [1.807, 2.05) is 4.90 Å². The topological polar surface area (TPSA) is 46.3 Å². The molecule has 0 radical (unpaired) electrons. The van der Waals surface area contributed by atoms with E-state index in [2.05, 4.69) is 17.5 Å². The van der Waals surface area contributed by atoms with Gasteiger partial charge in [0.2, 0.25) is 5.91 Å². The molecule has 96 valence electrons. The summed E-state index contributed by atoms with van der Waals surface area (Å²) in [5, 5.41) is 2.08. The fraction of sp³-hybridized carbons (Fsp3) is 0.583. The number of carbonyl (C=O) groups excluding carboxylic acids is 1. The molecule has 1 aromatic heterocycles. The molecule has 3 nitrogen and oxygen atoms in total. The van der Waals surface area contributed by atoms with Crippen LogP contribution in [0.3, 0.4) is 0 Å². The predicted molar refractivity (Wildman–Crippen MR) is 73.7 cm³/mol. The maximum atomic E-state index is 11.8. The first-order valence-electron chi connectivity index (χ1n) is 5.81. The zero-order valence-corrected chi connectivity index (χ0v) is 11.4. The van der Waals surface area contributed by atoms with Crippen LogP contribution in [0.4, 0.5) is 0 Å². The molecule has 1 aliphatic rings. The van der Waals surface area contributed by atoms with Crippen LogP contribution in [-0.2, 0) is 11.2 Å². The highest BCUT2D eigenvalue weighted by Crippen LogP contribution is 2.14. The van der Waals surface area contributed by atoms with Crippen LogP contribution in [0, 0.1) is 0 Å². The minimum atomic E-state index is 0. The molecule has 1 aromatic rings. The van der Waals surface area contributed by atoms with Crippen molar-refractivity contribution in [3.63, 3.8) is 0 Å². The molecular weight excluding hydrogens is 256 g/mol. The van der Waals surface area contributed by atoms with Gasteiger partial charge in [0.1, 0.15) is 0 Å². The summed E-state index contributed by atoms with van der Waals surface area (Å²) in [6, 6.07) is 4.38. The van der Waals surface area contributed by atoms with Crippen molar-refractivity contribution in [1.82, 2.24) is 4.90 Å². The van der Waals surface area contributed by atoms with Crippen molar-refractivity contribution in [1.29, 1.82) is 0 Å². The van der Waals surface area contributed by atoms with E-state index in [4.69, 9.17) is 5.73 Å². The van der Waals surface area contributed by atoms with E-state index in [9.17, 15) is 4.79 Å². The molecule has 1 saturated heterocycles. The number of hydrogen-bond acceptors (Lipinski definition) is 3. The number of amides is 1. The van der Waals surface area contributed by atoms with E-state index in [1.54, 1.807) is 11.3 Å². The Labute approximate surface area is 112 Å². The Hall–Kier alpha value is -0.580. The summed E-state index contributed by atoms with van der Waals surface area (Å²) in [4.78, 5) is 15.1. The van der Waals surface area contributed by atoms with Crippen molar-refractivity contribution in [2.75, 3.05) is 13.1 Å². The number of hydrogen-bond donors (Lipinski definition) is 1. The fourth-order valence-corrected chi connectivity index (χ4v) is 2.79. The van der Waals surface area contributed by atoms with Crippen LogP contribution in [0.25, 0.3) is 0 Å². The minimum Gasteiger partial charge on any atom is -0.341 e. The molecule has 1 atom stereocenters. The number of rotatable bonds is 4. The molecular formula is C12H19ClN2OS. The average Bonchev–Trinajstić information content (AvgIpc) is 2.89. The lowest BCUT2D eigenvalue weighted by molar-refractivity contribution is -0.130. The van der Waals surface area contributed by atoms with Gasteiger partial charge in [0.25, 0.3) is 0 Å². The maximum Gasteiger partial charge on any atom is 0.222 e. The second-order valence-corrected chi connectivity index (χ2v) is 5.35. The first-order valence-corrected chi connectivity index (χ1v) is 6.69. The van der Waals surface area contributed by atoms with Gasteiger partial charge in [-0.2, -0.15) is 0 Å². The van der Waals surface area contributed by atoms with Gasteiger partial charge in [-0.3, -0.25) is 4.79 Å². The third-order valence-electron chi connectivity index (χ3n) is 2.97. The van der Waals surface area contributed by atoms with Crippen LogP contribution in [0.1, 0.15) is 24.1 Å². The van der Waals surface area contributed by atoms with Crippen molar-refractivity contribution in [3.05, 3.63) is 22.4 Å². The molecule has 0 aliphatic carbocycles. The highest BCUT2D eigenvalue weighted by atomic mass is 35.5. The second-order valence-electron chi connectivity index (χ2n) is 4.32. The van der Waals surface area contributed by atoms with E-state index < -0.39 is 0 Å². The Morgan fingerprint density at radius 1 is 1.59 bits per heavy atom. The molecule has 17 heavy (non-hydrogen) atoms. The lowest BCUT2D eigenvalue weighted by atomic mass is 10.2. The molecule has 0 aromatic carbocycles. The summed E-state index contributed by atoms with van der Waals surface area (Å²) in [5.41, 5.74) is 5.78. The molecule has 5 heteroatoms. The van der Waals surface area contributed by atoms with Crippen LogP contribution in [0.5, 0.6) is 0 Å². The number of thiophene rings is 1. The van der Waals surface area contributed by atoms with Crippen LogP contribution < -0.4 is 5.73 Å². The van der Waals surface area contributed by atoms with Gasteiger partial charge in [0.15, 0.2) is 0 Å². The number of halogens is 1. The van der Waals surface area contributed by atoms with Gasteiger partial charge in [-0.05, 0) is 30.7 Å². The molecule has 1 unspecified atom stereocenters. The van der Waals surface area contributed by atoms with Gasteiger partial charge in [0.05, 0.1) is 0 Å². The normalized spacial score (nSPS) is 19.1. The molecule has 1 amide bonds. The Balaban J connectivity index is 0.00000144. The number of carbonyl (C=O) groups is 1. The van der Waals surface area contributed by atoms with Gasteiger partial charge in [0, 0.05) is 30.4 Å². The van der Waals surface area contributed by atoms with Crippen molar-refractivity contribution in [2.24, 2.45) is 5.73 Å². The summed E-state index contributed by atoms with van der Waals surface area (Å²) >= 11 is 1.76. The molecule has 2 N–H and O–H groups in total. The zero-order valence-electron chi connectivity index (χ0n) is 9.80. The number of aryl methyl sites for hydroxylation is 1. The molecule has 0 bridgehead atoms. The van der Waals surface area contributed by atoms with Gasteiger partial charge in [-0.25, -0.2) is 0 Å². The monoisotopic (exact) mass is 274 g/mol. The molecule has 2 rings (SSSR count). The predicted octanol–water partition coefficient (Wildman–Crippen LogP) is 2.05. The Bertz CT molecular complexity index is 342. The van der Waals surface area contributed by atoms with Gasteiger partial charge in [-0.15, -0.1) is 23.7 Å². The second kappa shape index (κ2) is 6.99. The van der Waals surface area contributed by atoms with Crippen LogP contribution in [-0.4, -0.2) is 29.9 Å². The van der Waals surface area contributed by atoms with Gasteiger partial charge in [-0.1, -0.05) is 6.07 Å². The van der Waals surface area contributed by atoms with Crippen molar-refractivity contribution in [2.45, 2.75) is 31.7 Å². The smallest absolute Gasteiger partial charge is 0.222 e. The fourth-order valence-electron chi connectivity index (χ4n) is 2.04. The number of nitrogens with two attached hydrogens (primary N) is 1. The van der Waals surface area contributed by atoms with Crippen LogP contribution in [0.15, 0.2) is 17.5 Å². The molecule has 0 spiro atoms. The first kappa shape index (κ1) is 14.5. The zero-order chi connectivity index (χ0) is 11.4. The van der Waals surface area contributed by atoms with E-state index in [1.165, 1.54) is 4.88 Å². The first-order chi connectivity index (χ1) is 7.75. The van der Waals surface area contributed by atoms with Crippen molar-refractivity contribution < 1.29 is 4.79 Å². The van der Waals surface area contributed by atoms with Crippen molar-refractivity contribution >= 4 is 29.7 Å². The van der Waals surface area contributed by atoms with Gasteiger partial charge >= 0.3 is 0 Å². The van der Waals surface area contributed by atoms with E-state index in [-0.39, 0.29) is 24.4 Å². The maximum absolute atomic E-state index is 11.8. The third-order valence-corrected chi connectivity index (χ3v) is 3.91. The van der Waals surface area contributed by atoms with Crippen LogP contribution in [0.2, 0.25) is 0 Å². The summed E-state index contributed by atoms with van der Waals surface area (Å²) in [6.45, 7) is 1.59.